The Morgan fingerprint density at radius 2 is 1.42 bits per heavy atom. The van der Waals surface area contributed by atoms with Crippen molar-refractivity contribution in [1.82, 2.24) is 0 Å². The Kier molecular flexibility index (Phi) is 6.52. The summed E-state index contributed by atoms with van der Waals surface area (Å²) in [4.78, 5) is 5.06. The lowest BCUT2D eigenvalue weighted by Crippen LogP contribution is -2.05. The predicted octanol–water partition coefficient (Wildman–Crippen LogP) is 7.27. The summed E-state index contributed by atoms with van der Waals surface area (Å²) in [5.41, 5.74) is 8.77. The van der Waals surface area contributed by atoms with Crippen LogP contribution in [0, 0.1) is 0 Å². The van der Waals surface area contributed by atoms with Crippen LogP contribution < -0.4 is 0 Å². The molecule has 0 aliphatic rings. The number of aliphatic imine (C=N–C) groups is 1. The third-order valence-corrected chi connectivity index (χ3v) is 4.40. The van der Waals surface area contributed by atoms with Gasteiger partial charge in [0.2, 0.25) is 0 Å². The molecule has 0 unspecified atom stereocenters. The summed E-state index contributed by atoms with van der Waals surface area (Å²) in [7, 11) is 0. The topological polar surface area (TPSA) is 12.4 Å². The van der Waals surface area contributed by atoms with Crippen molar-refractivity contribution in [3.63, 3.8) is 0 Å². The first-order chi connectivity index (χ1) is 12.4. The van der Waals surface area contributed by atoms with Gasteiger partial charge in [-0.25, -0.2) is 4.99 Å². The van der Waals surface area contributed by atoms with Crippen molar-refractivity contribution in [1.29, 1.82) is 0 Å². The molecule has 0 aliphatic heterocycles. The Labute approximate surface area is 158 Å². The number of hydrogen-bond donors (Lipinski definition) is 0. The fraction of sp³-hybridized carbons (Fsp3) is 0.240. The third kappa shape index (κ3) is 4.29. The second kappa shape index (κ2) is 8.62. The van der Waals surface area contributed by atoms with E-state index in [0.29, 0.717) is 5.92 Å². The van der Waals surface area contributed by atoms with Crippen LogP contribution in [-0.4, -0.2) is 5.71 Å². The third-order valence-electron chi connectivity index (χ3n) is 4.40. The highest BCUT2D eigenvalue weighted by Crippen LogP contribution is 2.29. The Balaban J connectivity index is 2.69. The Bertz CT molecular complexity index is 875. The van der Waals surface area contributed by atoms with Gasteiger partial charge in [0, 0.05) is 11.1 Å². The Morgan fingerprint density at radius 3 is 1.92 bits per heavy atom. The van der Waals surface area contributed by atoms with Crippen molar-refractivity contribution in [2.45, 2.75) is 40.5 Å². The SMILES string of the molecule is C=CC(=NC(=C(C)C)c1ccccc1C(=C)C)c1ccccc1C(C)C. The number of rotatable bonds is 6. The number of hydrogen-bond acceptors (Lipinski definition) is 1. The molecule has 0 saturated heterocycles. The van der Waals surface area contributed by atoms with Crippen molar-refractivity contribution in [3.05, 3.63) is 95.6 Å². The molecule has 2 aromatic carbocycles. The molecular formula is C25H29N. The van der Waals surface area contributed by atoms with Gasteiger partial charge in [-0.3, -0.25) is 0 Å². The lowest BCUT2D eigenvalue weighted by molar-refractivity contribution is 0.864. The van der Waals surface area contributed by atoms with E-state index in [9.17, 15) is 0 Å². The highest BCUT2D eigenvalue weighted by Gasteiger charge is 2.13. The molecule has 26 heavy (non-hydrogen) atoms. The summed E-state index contributed by atoms with van der Waals surface area (Å²) in [5.74, 6) is 0.425. The molecule has 0 radical (unpaired) electrons. The van der Waals surface area contributed by atoms with E-state index in [1.165, 1.54) is 11.1 Å². The van der Waals surface area contributed by atoms with Crippen LogP contribution in [0.25, 0.3) is 11.3 Å². The standard InChI is InChI=1S/C25H29N/c1-8-24(22-15-11-9-13-20(22)17(2)3)26-25(19(6)7)23-16-12-10-14-21(23)18(4)5/h8-17H,1,4H2,2-3,5-7H3. The Morgan fingerprint density at radius 1 is 0.885 bits per heavy atom. The number of allylic oxidation sites excluding steroid dienone is 3. The van der Waals surface area contributed by atoms with Gasteiger partial charge in [-0.2, -0.15) is 0 Å². The van der Waals surface area contributed by atoms with Crippen LogP contribution in [0.3, 0.4) is 0 Å². The van der Waals surface area contributed by atoms with Crippen LogP contribution in [0.15, 0.2) is 78.3 Å². The molecule has 0 saturated carbocycles. The minimum Gasteiger partial charge on any atom is -0.248 e. The summed E-state index contributed by atoms with van der Waals surface area (Å²) in [5, 5.41) is 0. The van der Waals surface area contributed by atoms with Crippen molar-refractivity contribution in [2.75, 3.05) is 0 Å². The smallest absolute Gasteiger partial charge is 0.0706 e. The average Bonchev–Trinajstić information content (AvgIpc) is 2.62. The van der Waals surface area contributed by atoms with Crippen molar-refractivity contribution in [3.8, 4) is 0 Å². The van der Waals surface area contributed by atoms with Gasteiger partial charge in [0.15, 0.2) is 0 Å². The second-order valence-corrected chi connectivity index (χ2v) is 7.12. The molecule has 0 atom stereocenters. The van der Waals surface area contributed by atoms with E-state index in [1.54, 1.807) is 0 Å². The molecule has 0 bridgehead atoms. The van der Waals surface area contributed by atoms with Crippen LogP contribution in [0.4, 0.5) is 0 Å². The minimum atomic E-state index is 0.425. The molecule has 0 fully saturated rings. The maximum atomic E-state index is 5.06. The molecule has 0 aromatic heterocycles. The number of benzene rings is 2. The summed E-state index contributed by atoms with van der Waals surface area (Å²) in [6.07, 6.45) is 1.85. The molecule has 2 rings (SSSR count). The molecule has 2 aromatic rings. The van der Waals surface area contributed by atoms with Crippen LogP contribution in [0.5, 0.6) is 0 Å². The molecule has 1 nitrogen and oxygen atoms in total. The summed E-state index contributed by atoms with van der Waals surface area (Å²) >= 11 is 0. The first-order valence-corrected chi connectivity index (χ1v) is 9.10. The molecular weight excluding hydrogens is 314 g/mol. The predicted molar refractivity (Wildman–Crippen MR) is 117 cm³/mol. The van der Waals surface area contributed by atoms with E-state index < -0.39 is 0 Å². The fourth-order valence-corrected chi connectivity index (χ4v) is 3.07. The van der Waals surface area contributed by atoms with Gasteiger partial charge in [0.25, 0.3) is 0 Å². The van der Waals surface area contributed by atoms with E-state index in [4.69, 9.17) is 4.99 Å². The first-order valence-electron chi connectivity index (χ1n) is 9.10. The van der Waals surface area contributed by atoms with Crippen LogP contribution in [0.1, 0.15) is 62.8 Å². The van der Waals surface area contributed by atoms with Gasteiger partial charge in [0.1, 0.15) is 0 Å². The molecule has 0 heterocycles. The van der Waals surface area contributed by atoms with E-state index in [1.807, 2.05) is 19.1 Å². The van der Waals surface area contributed by atoms with Crippen molar-refractivity contribution in [2.24, 2.45) is 4.99 Å². The lowest BCUT2D eigenvalue weighted by atomic mass is 9.93. The van der Waals surface area contributed by atoms with Crippen LogP contribution in [-0.2, 0) is 0 Å². The molecule has 1 heteroatoms. The van der Waals surface area contributed by atoms with E-state index >= 15 is 0 Å². The van der Waals surface area contributed by atoms with Crippen LogP contribution >= 0.6 is 0 Å². The second-order valence-electron chi connectivity index (χ2n) is 7.12. The van der Waals surface area contributed by atoms with Gasteiger partial charge in [-0.1, -0.05) is 86.7 Å². The first kappa shape index (κ1) is 19.7. The molecule has 0 amide bonds. The number of nitrogens with zero attached hydrogens (tertiary/aromatic N) is 1. The zero-order valence-electron chi connectivity index (χ0n) is 16.6. The zero-order valence-corrected chi connectivity index (χ0v) is 16.6. The summed E-state index contributed by atoms with van der Waals surface area (Å²) in [6, 6.07) is 16.8. The zero-order chi connectivity index (χ0) is 19.3. The maximum Gasteiger partial charge on any atom is 0.0706 e. The van der Waals surface area contributed by atoms with Gasteiger partial charge < -0.3 is 0 Å². The molecule has 134 valence electrons. The Hall–Kier alpha value is -2.67. The van der Waals surface area contributed by atoms with Crippen molar-refractivity contribution < 1.29 is 0 Å². The fourth-order valence-electron chi connectivity index (χ4n) is 3.07. The molecule has 0 aliphatic carbocycles. The van der Waals surface area contributed by atoms with Gasteiger partial charge in [-0.05, 0) is 43.9 Å². The molecule has 0 N–H and O–H groups in total. The highest BCUT2D eigenvalue weighted by molar-refractivity contribution is 6.11. The van der Waals surface area contributed by atoms with Gasteiger partial charge >= 0.3 is 0 Å². The molecule has 0 spiro atoms. The van der Waals surface area contributed by atoms with E-state index in [0.717, 1.165) is 33.7 Å². The normalized spacial score (nSPS) is 11.4. The van der Waals surface area contributed by atoms with Gasteiger partial charge in [0.05, 0.1) is 11.4 Å². The van der Waals surface area contributed by atoms with E-state index in [-0.39, 0.29) is 0 Å². The quantitative estimate of drug-likeness (QED) is 0.489. The monoisotopic (exact) mass is 343 g/mol. The largest absolute Gasteiger partial charge is 0.248 e. The minimum absolute atomic E-state index is 0.425. The average molecular weight is 344 g/mol. The summed E-state index contributed by atoms with van der Waals surface area (Å²) < 4.78 is 0. The highest BCUT2D eigenvalue weighted by atomic mass is 14.8. The van der Waals surface area contributed by atoms with E-state index in [2.05, 4.69) is 83.3 Å². The maximum absolute atomic E-state index is 5.06. The van der Waals surface area contributed by atoms with Gasteiger partial charge in [-0.15, -0.1) is 0 Å². The van der Waals surface area contributed by atoms with Crippen LogP contribution in [0.2, 0.25) is 0 Å². The van der Waals surface area contributed by atoms with Crippen molar-refractivity contribution >= 4 is 17.0 Å². The lowest BCUT2D eigenvalue weighted by Gasteiger charge is -2.16. The summed E-state index contributed by atoms with van der Waals surface area (Å²) in [6.45, 7) is 18.8.